The normalized spacial score (nSPS) is 10.6. The number of nitrogens with two attached hydrogens (primary N) is 1. The molecule has 0 saturated carbocycles. The minimum atomic E-state index is -0.180. The summed E-state index contributed by atoms with van der Waals surface area (Å²) in [6, 6.07) is 17.7. The molecule has 0 fully saturated rings. The van der Waals surface area contributed by atoms with Gasteiger partial charge in [0.25, 0.3) is 0 Å². The van der Waals surface area contributed by atoms with E-state index in [9.17, 15) is 4.79 Å². The van der Waals surface area contributed by atoms with E-state index in [0.717, 1.165) is 10.6 Å². The Bertz CT molecular complexity index is 857. The van der Waals surface area contributed by atoms with Gasteiger partial charge in [0, 0.05) is 11.8 Å². The van der Waals surface area contributed by atoms with Crippen molar-refractivity contribution in [2.45, 2.75) is 23.8 Å². The third-order valence-corrected chi connectivity index (χ3v) is 4.41. The second-order valence-corrected chi connectivity index (χ2v) is 6.47. The molecule has 0 atom stereocenters. The molecule has 3 aromatic rings. The summed E-state index contributed by atoms with van der Waals surface area (Å²) >= 11 is 1.47. The minimum Gasteiger partial charge on any atom is -0.382 e. The van der Waals surface area contributed by atoms with Gasteiger partial charge >= 0.3 is 0 Å². The van der Waals surface area contributed by atoms with Gasteiger partial charge in [0.15, 0.2) is 5.82 Å². The van der Waals surface area contributed by atoms with Crippen LogP contribution in [0, 0.1) is 6.92 Å². The molecule has 5 nitrogen and oxygen atoms in total. The molecule has 0 aliphatic carbocycles. The molecular weight excluding hydrogens is 320 g/mol. The number of para-hydroxylation sites is 1. The monoisotopic (exact) mass is 338 g/mol. The lowest BCUT2D eigenvalue weighted by Gasteiger charge is -2.05. The first-order chi connectivity index (χ1) is 11.5. The lowest BCUT2D eigenvalue weighted by molar-refractivity contribution is -0.114. The third-order valence-electron chi connectivity index (χ3n) is 3.43. The van der Waals surface area contributed by atoms with Crippen LogP contribution in [0.15, 0.2) is 64.5 Å². The van der Waals surface area contributed by atoms with E-state index in [1.807, 2.05) is 61.5 Å². The number of aryl methyl sites for hydroxylation is 1. The molecule has 0 bridgehead atoms. The van der Waals surface area contributed by atoms with E-state index < -0.39 is 0 Å². The maximum atomic E-state index is 11.5. The van der Waals surface area contributed by atoms with Gasteiger partial charge in [0.05, 0.1) is 5.69 Å². The molecule has 0 radical (unpaired) electrons. The number of nitrogen functional groups attached to an aromatic ring is 1. The minimum absolute atomic E-state index is 0.180. The third kappa shape index (κ3) is 3.44. The molecular formula is C18H18N4OS. The number of hydrogen-bond acceptors (Lipinski definition) is 4. The summed E-state index contributed by atoms with van der Waals surface area (Å²) in [5.74, 6) is 0.228. The number of amides is 1. The Labute approximate surface area is 144 Å². The molecule has 0 aliphatic rings. The highest BCUT2D eigenvalue weighted by molar-refractivity contribution is 7.99. The van der Waals surface area contributed by atoms with E-state index in [1.165, 1.54) is 24.2 Å². The standard InChI is InChI=1S/C18H18N4OS/c1-12-8-10-15(11-9-12)24-18-16(20-13(2)23)17(19)22(21-18)14-6-4-3-5-7-14/h3-11H,19H2,1-2H3,(H,20,23). The van der Waals surface area contributed by atoms with Crippen LogP contribution in [0.2, 0.25) is 0 Å². The Morgan fingerprint density at radius 2 is 1.79 bits per heavy atom. The Hall–Kier alpha value is -2.73. The van der Waals surface area contributed by atoms with Gasteiger partial charge in [0.2, 0.25) is 5.91 Å². The van der Waals surface area contributed by atoms with Crippen molar-refractivity contribution < 1.29 is 4.79 Å². The van der Waals surface area contributed by atoms with E-state index in [4.69, 9.17) is 5.73 Å². The van der Waals surface area contributed by atoms with E-state index >= 15 is 0 Å². The van der Waals surface area contributed by atoms with Gasteiger partial charge < -0.3 is 11.1 Å². The van der Waals surface area contributed by atoms with Crippen LogP contribution < -0.4 is 11.1 Å². The Balaban J connectivity index is 2.03. The van der Waals surface area contributed by atoms with Crippen LogP contribution in [-0.2, 0) is 4.79 Å². The number of rotatable bonds is 4. The number of hydrogen-bond donors (Lipinski definition) is 2. The molecule has 2 aromatic carbocycles. The second kappa shape index (κ2) is 6.80. The summed E-state index contributed by atoms with van der Waals surface area (Å²) in [5.41, 5.74) is 8.81. The lowest BCUT2D eigenvalue weighted by atomic mass is 10.2. The number of benzene rings is 2. The van der Waals surface area contributed by atoms with E-state index in [1.54, 1.807) is 4.68 Å². The quantitative estimate of drug-likeness (QED) is 0.757. The number of nitrogens with zero attached hydrogens (tertiary/aromatic N) is 2. The molecule has 24 heavy (non-hydrogen) atoms. The number of nitrogens with one attached hydrogen (secondary N) is 1. The fourth-order valence-electron chi connectivity index (χ4n) is 2.26. The van der Waals surface area contributed by atoms with Gasteiger partial charge in [-0.3, -0.25) is 4.79 Å². The summed E-state index contributed by atoms with van der Waals surface area (Å²) in [5, 5.41) is 8.05. The van der Waals surface area contributed by atoms with Crippen molar-refractivity contribution in [3.8, 4) is 5.69 Å². The smallest absolute Gasteiger partial charge is 0.221 e. The number of aromatic nitrogens is 2. The molecule has 0 saturated heterocycles. The van der Waals surface area contributed by atoms with Crippen molar-refractivity contribution >= 4 is 29.2 Å². The molecule has 0 unspecified atom stereocenters. The predicted octanol–water partition coefficient (Wildman–Crippen LogP) is 3.87. The molecule has 0 aliphatic heterocycles. The maximum Gasteiger partial charge on any atom is 0.221 e. The SMILES string of the molecule is CC(=O)Nc1c(Sc2ccc(C)cc2)nn(-c2ccccc2)c1N. The number of anilines is 2. The zero-order valence-electron chi connectivity index (χ0n) is 13.5. The molecule has 6 heteroatoms. The summed E-state index contributed by atoms with van der Waals surface area (Å²) < 4.78 is 1.64. The van der Waals surface area contributed by atoms with Crippen LogP contribution in [0.5, 0.6) is 0 Å². The predicted molar refractivity (Wildman–Crippen MR) is 97.6 cm³/mol. The average Bonchev–Trinajstić information content (AvgIpc) is 2.87. The zero-order chi connectivity index (χ0) is 17.1. The molecule has 1 amide bonds. The highest BCUT2D eigenvalue weighted by atomic mass is 32.2. The average molecular weight is 338 g/mol. The highest BCUT2D eigenvalue weighted by Gasteiger charge is 2.18. The summed E-state index contributed by atoms with van der Waals surface area (Å²) in [6.45, 7) is 3.50. The van der Waals surface area contributed by atoms with E-state index in [2.05, 4.69) is 10.4 Å². The second-order valence-electron chi connectivity index (χ2n) is 5.41. The molecule has 122 valence electrons. The summed E-state index contributed by atoms with van der Waals surface area (Å²) in [7, 11) is 0. The largest absolute Gasteiger partial charge is 0.382 e. The Kier molecular flexibility index (Phi) is 4.57. The summed E-state index contributed by atoms with van der Waals surface area (Å²) in [6.07, 6.45) is 0. The van der Waals surface area contributed by atoms with Crippen molar-refractivity contribution in [3.63, 3.8) is 0 Å². The fourth-order valence-corrected chi connectivity index (χ4v) is 3.13. The van der Waals surface area contributed by atoms with Crippen LogP contribution in [0.4, 0.5) is 11.5 Å². The van der Waals surface area contributed by atoms with Gasteiger partial charge in [0.1, 0.15) is 10.7 Å². The first-order valence-electron chi connectivity index (χ1n) is 7.50. The molecule has 0 spiro atoms. The molecule has 1 aromatic heterocycles. The van der Waals surface area contributed by atoms with Gasteiger partial charge in [-0.2, -0.15) is 5.10 Å². The number of carbonyl (C=O) groups is 1. The maximum absolute atomic E-state index is 11.5. The van der Waals surface area contributed by atoms with Gasteiger partial charge in [-0.25, -0.2) is 4.68 Å². The molecule has 3 rings (SSSR count). The lowest BCUT2D eigenvalue weighted by Crippen LogP contribution is -2.09. The first kappa shape index (κ1) is 16.1. The van der Waals surface area contributed by atoms with Crippen LogP contribution >= 0.6 is 11.8 Å². The van der Waals surface area contributed by atoms with Crippen LogP contribution in [-0.4, -0.2) is 15.7 Å². The first-order valence-corrected chi connectivity index (χ1v) is 8.32. The van der Waals surface area contributed by atoms with Crippen LogP contribution in [0.25, 0.3) is 5.69 Å². The van der Waals surface area contributed by atoms with E-state index in [-0.39, 0.29) is 5.91 Å². The van der Waals surface area contributed by atoms with Crippen molar-refractivity contribution in [1.82, 2.24) is 9.78 Å². The topological polar surface area (TPSA) is 72.9 Å². The highest BCUT2D eigenvalue weighted by Crippen LogP contribution is 2.37. The van der Waals surface area contributed by atoms with Crippen LogP contribution in [0.1, 0.15) is 12.5 Å². The van der Waals surface area contributed by atoms with Crippen molar-refractivity contribution in [3.05, 3.63) is 60.2 Å². The molecule has 3 N–H and O–H groups in total. The van der Waals surface area contributed by atoms with Crippen molar-refractivity contribution in [2.24, 2.45) is 0 Å². The van der Waals surface area contributed by atoms with Gasteiger partial charge in [-0.05, 0) is 31.2 Å². The van der Waals surface area contributed by atoms with E-state index in [0.29, 0.717) is 16.5 Å². The van der Waals surface area contributed by atoms with Crippen molar-refractivity contribution in [1.29, 1.82) is 0 Å². The summed E-state index contributed by atoms with van der Waals surface area (Å²) in [4.78, 5) is 12.6. The van der Waals surface area contributed by atoms with Gasteiger partial charge in [-0.1, -0.05) is 47.7 Å². The Morgan fingerprint density at radius 1 is 1.12 bits per heavy atom. The Morgan fingerprint density at radius 3 is 2.42 bits per heavy atom. The number of carbonyl (C=O) groups excluding carboxylic acids is 1. The fraction of sp³-hybridized carbons (Fsp3) is 0.111. The van der Waals surface area contributed by atoms with Crippen molar-refractivity contribution in [2.75, 3.05) is 11.1 Å². The van der Waals surface area contributed by atoms with Crippen LogP contribution in [0.3, 0.4) is 0 Å². The van der Waals surface area contributed by atoms with Gasteiger partial charge in [-0.15, -0.1) is 0 Å². The molecule has 1 heterocycles. The zero-order valence-corrected chi connectivity index (χ0v) is 14.3.